The zero-order chi connectivity index (χ0) is 22.5. The van der Waals surface area contributed by atoms with Gasteiger partial charge in [0, 0.05) is 17.5 Å². The number of rotatable bonds is 7. The maximum atomic E-state index is 13.0. The van der Waals surface area contributed by atoms with Gasteiger partial charge in [0.05, 0.1) is 24.3 Å². The Labute approximate surface area is 195 Å². The highest BCUT2D eigenvalue weighted by Crippen LogP contribution is 2.36. The molecular formula is C24H23N3O3S2. The van der Waals surface area contributed by atoms with Crippen molar-refractivity contribution in [2.24, 2.45) is 4.99 Å². The highest BCUT2D eigenvalue weighted by molar-refractivity contribution is 8.18. The number of nitrogens with zero attached hydrogens (tertiary/aromatic N) is 3. The highest BCUT2D eigenvalue weighted by Gasteiger charge is 2.32. The van der Waals surface area contributed by atoms with Gasteiger partial charge in [-0.1, -0.05) is 36.4 Å². The molecule has 1 aliphatic rings. The van der Waals surface area contributed by atoms with E-state index in [0.717, 1.165) is 16.8 Å². The Kier molecular flexibility index (Phi) is 6.92. The third-order valence-electron chi connectivity index (χ3n) is 4.74. The van der Waals surface area contributed by atoms with E-state index < -0.39 is 0 Å². The van der Waals surface area contributed by atoms with E-state index in [4.69, 9.17) is 9.47 Å². The molecule has 32 heavy (non-hydrogen) atoms. The van der Waals surface area contributed by atoms with E-state index in [1.165, 1.54) is 23.1 Å². The van der Waals surface area contributed by atoms with Gasteiger partial charge in [0.15, 0.2) is 16.7 Å². The number of thiazole rings is 1. The maximum Gasteiger partial charge on any atom is 0.266 e. The van der Waals surface area contributed by atoms with Crippen LogP contribution in [0.5, 0.6) is 11.5 Å². The first-order chi connectivity index (χ1) is 15.6. The number of benzene rings is 2. The van der Waals surface area contributed by atoms with Crippen LogP contribution in [0, 0.1) is 0 Å². The van der Waals surface area contributed by atoms with Crippen molar-refractivity contribution in [1.82, 2.24) is 9.88 Å². The van der Waals surface area contributed by atoms with Gasteiger partial charge in [-0.2, -0.15) is 4.99 Å². The summed E-state index contributed by atoms with van der Waals surface area (Å²) in [5.41, 5.74) is 2.78. The second-order valence-electron chi connectivity index (χ2n) is 6.78. The lowest BCUT2D eigenvalue weighted by Gasteiger charge is -2.11. The first kappa shape index (κ1) is 22.1. The fraction of sp³-hybridized carbons (Fsp3) is 0.208. The standard InChI is InChI=1S/C24H23N3O3S2/c1-4-27-22(28)21(14-16-11-12-19(30-5-2)20(13-16)29-3)32-24(27)26-23-25-18(15-31-23)17-9-7-6-8-10-17/h6-15H,4-5H2,1-3H3/b21-14-,26-24+. The fourth-order valence-electron chi connectivity index (χ4n) is 3.21. The van der Waals surface area contributed by atoms with Gasteiger partial charge in [-0.15, -0.1) is 11.3 Å². The van der Waals surface area contributed by atoms with Crippen LogP contribution in [0.15, 0.2) is 63.8 Å². The van der Waals surface area contributed by atoms with Crippen molar-refractivity contribution in [3.8, 4) is 22.8 Å². The summed E-state index contributed by atoms with van der Waals surface area (Å²) in [5.74, 6) is 1.25. The molecule has 0 bridgehead atoms. The number of hydrogen-bond donors (Lipinski definition) is 0. The minimum atomic E-state index is -0.0658. The third-order valence-corrected chi connectivity index (χ3v) is 6.48. The monoisotopic (exact) mass is 465 g/mol. The molecule has 1 amide bonds. The van der Waals surface area contributed by atoms with Crippen molar-refractivity contribution in [3.63, 3.8) is 0 Å². The minimum Gasteiger partial charge on any atom is -0.493 e. The number of ether oxygens (including phenoxy) is 2. The minimum absolute atomic E-state index is 0.0658. The van der Waals surface area contributed by atoms with Gasteiger partial charge in [-0.25, -0.2) is 4.98 Å². The highest BCUT2D eigenvalue weighted by atomic mass is 32.2. The number of amides is 1. The summed E-state index contributed by atoms with van der Waals surface area (Å²) >= 11 is 2.82. The third kappa shape index (κ3) is 4.71. The van der Waals surface area contributed by atoms with Gasteiger partial charge in [0.2, 0.25) is 5.13 Å². The molecule has 3 aromatic rings. The Morgan fingerprint density at radius 3 is 2.66 bits per heavy atom. The zero-order valence-corrected chi connectivity index (χ0v) is 19.7. The van der Waals surface area contributed by atoms with Crippen molar-refractivity contribution in [2.45, 2.75) is 13.8 Å². The molecule has 0 N–H and O–H groups in total. The second-order valence-corrected chi connectivity index (χ2v) is 8.62. The Hall–Kier alpha value is -3.10. The van der Waals surface area contributed by atoms with Crippen LogP contribution < -0.4 is 9.47 Å². The number of hydrogen-bond acceptors (Lipinski definition) is 7. The summed E-state index contributed by atoms with van der Waals surface area (Å²) in [5, 5.41) is 3.24. The summed E-state index contributed by atoms with van der Waals surface area (Å²) in [6, 6.07) is 15.6. The van der Waals surface area contributed by atoms with Gasteiger partial charge in [0.25, 0.3) is 5.91 Å². The number of amidine groups is 1. The molecule has 4 rings (SSSR count). The Bertz CT molecular complexity index is 1170. The van der Waals surface area contributed by atoms with E-state index in [1.807, 2.05) is 73.8 Å². The number of aromatic nitrogens is 1. The largest absolute Gasteiger partial charge is 0.493 e. The molecule has 164 valence electrons. The lowest BCUT2D eigenvalue weighted by atomic mass is 10.2. The lowest BCUT2D eigenvalue weighted by Crippen LogP contribution is -2.28. The first-order valence-corrected chi connectivity index (χ1v) is 11.9. The zero-order valence-electron chi connectivity index (χ0n) is 18.1. The summed E-state index contributed by atoms with van der Waals surface area (Å²) < 4.78 is 11.0. The predicted octanol–water partition coefficient (Wildman–Crippen LogP) is 5.84. The molecule has 2 heterocycles. The molecule has 0 radical (unpaired) electrons. The summed E-state index contributed by atoms with van der Waals surface area (Å²) in [7, 11) is 1.60. The van der Waals surface area contributed by atoms with Crippen LogP contribution in [0.25, 0.3) is 17.3 Å². The fourth-order valence-corrected chi connectivity index (χ4v) is 5.01. The number of carbonyl (C=O) groups excluding carboxylic acids is 1. The summed E-state index contributed by atoms with van der Waals surface area (Å²) in [4.78, 5) is 24.6. The second kappa shape index (κ2) is 10.0. The van der Waals surface area contributed by atoms with E-state index in [2.05, 4.69) is 9.98 Å². The van der Waals surface area contributed by atoms with Crippen LogP contribution in [0.1, 0.15) is 19.4 Å². The Morgan fingerprint density at radius 2 is 1.94 bits per heavy atom. The molecule has 2 aromatic carbocycles. The molecule has 1 aromatic heterocycles. The van der Waals surface area contributed by atoms with Gasteiger partial charge in [-0.3, -0.25) is 9.69 Å². The maximum absolute atomic E-state index is 13.0. The quantitative estimate of drug-likeness (QED) is 0.410. The molecule has 0 unspecified atom stereocenters. The Morgan fingerprint density at radius 1 is 1.12 bits per heavy atom. The smallest absolute Gasteiger partial charge is 0.266 e. The van der Waals surface area contributed by atoms with Crippen molar-refractivity contribution < 1.29 is 14.3 Å². The van der Waals surface area contributed by atoms with Gasteiger partial charge < -0.3 is 9.47 Å². The number of methoxy groups -OCH3 is 1. The molecule has 1 aliphatic heterocycles. The molecular weight excluding hydrogens is 442 g/mol. The van der Waals surface area contributed by atoms with Crippen molar-refractivity contribution in [2.75, 3.05) is 20.3 Å². The van der Waals surface area contributed by atoms with E-state index in [1.54, 1.807) is 12.0 Å². The van der Waals surface area contributed by atoms with E-state index in [9.17, 15) is 4.79 Å². The van der Waals surface area contributed by atoms with E-state index >= 15 is 0 Å². The molecule has 0 atom stereocenters. The van der Waals surface area contributed by atoms with Crippen molar-refractivity contribution in [3.05, 3.63) is 64.4 Å². The molecule has 1 saturated heterocycles. The normalized spacial score (nSPS) is 16.2. The molecule has 1 fully saturated rings. The number of likely N-dealkylation sites (N-methyl/N-ethyl adjacent to an activating group) is 1. The van der Waals surface area contributed by atoms with Crippen LogP contribution in [0.2, 0.25) is 0 Å². The SMILES string of the molecule is CCOc1ccc(/C=C2\S/C(=N/c3nc(-c4ccccc4)cs3)N(CC)C2=O)cc1OC. The summed E-state index contributed by atoms with van der Waals surface area (Å²) in [6.45, 7) is 4.95. The molecule has 0 aliphatic carbocycles. The van der Waals surface area contributed by atoms with Crippen LogP contribution in [0.4, 0.5) is 5.13 Å². The van der Waals surface area contributed by atoms with E-state index in [-0.39, 0.29) is 5.91 Å². The average Bonchev–Trinajstić information content (AvgIpc) is 3.40. The predicted molar refractivity (Wildman–Crippen MR) is 132 cm³/mol. The first-order valence-electron chi connectivity index (χ1n) is 10.2. The van der Waals surface area contributed by atoms with Gasteiger partial charge >= 0.3 is 0 Å². The van der Waals surface area contributed by atoms with Gasteiger partial charge in [-0.05, 0) is 49.4 Å². The molecule has 8 heteroatoms. The number of aliphatic imine (C=N–C) groups is 1. The van der Waals surface area contributed by atoms with Crippen LogP contribution in [-0.2, 0) is 4.79 Å². The number of carbonyl (C=O) groups is 1. The lowest BCUT2D eigenvalue weighted by molar-refractivity contribution is -0.122. The number of thioether (sulfide) groups is 1. The van der Waals surface area contributed by atoms with Crippen molar-refractivity contribution in [1.29, 1.82) is 0 Å². The van der Waals surface area contributed by atoms with E-state index in [0.29, 0.717) is 39.9 Å². The molecule has 0 spiro atoms. The van der Waals surface area contributed by atoms with Gasteiger partial charge in [0.1, 0.15) is 0 Å². The average molecular weight is 466 g/mol. The molecule has 6 nitrogen and oxygen atoms in total. The van der Waals surface area contributed by atoms with Crippen molar-refractivity contribution >= 4 is 45.4 Å². The van der Waals surface area contributed by atoms with Crippen LogP contribution in [-0.4, -0.2) is 41.2 Å². The van der Waals surface area contributed by atoms with Crippen LogP contribution in [0.3, 0.4) is 0 Å². The topological polar surface area (TPSA) is 64.0 Å². The van der Waals surface area contributed by atoms with Crippen LogP contribution >= 0.6 is 23.1 Å². The Balaban J connectivity index is 1.60. The molecule has 0 saturated carbocycles. The summed E-state index contributed by atoms with van der Waals surface area (Å²) in [6.07, 6.45) is 1.85.